The topological polar surface area (TPSA) is 66.9 Å². The lowest BCUT2D eigenvalue weighted by molar-refractivity contribution is -0.119. The van der Waals surface area contributed by atoms with Crippen LogP contribution in [0, 0.1) is 6.92 Å². The molecule has 1 aromatic carbocycles. The van der Waals surface area contributed by atoms with Crippen LogP contribution in [0.1, 0.15) is 54.4 Å². The highest BCUT2D eigenvalue weighted by atomic mass is 16.1. The summed E-state index contributed by atoms with van der Waals surface area (Å²) in [6.07, 6.45) is 2.99. The van der Waals surface area contributed by atoms with Gasteiger partial charge in [-0.25, -0.2) is 9.97 Å². The molecule has 0 spiro atoms. The molecule has 0 radical (unpaired) electrons. The lowest BCUT2D eigenvalue weighted by Crippen LogP contribution is -2.28. The molecule has 1 amide bonds. The third kappa shape index (κ3) is 4.10. The predicted octanol–water partition coefficient (Wildman–Crippen LogP) is 3.12. The maximum atomic E-state index is 11.7. The van der Waals surface area contributed by atoms with Crippen molar-refractivity contribution in [2.24, 2.45) is 0 Å². The van der Waals surface area contributed by atoms with Crippen molar-refractivity contribution < 1.29 is 4.79 Å². The Kier molecular flexibility index (Phi) is 4.79. The fraction of sp³-hybridized carbons (Fsp3) is 0.421. The minimum atomic E-state index is -0.0888. The lowest BCUT2D eigenvalue weighted by atomic mass is 9.99. The Morgan fingerprint density at radius 2 is 2.08 bits per heavy atom. The first kappa shape index (κ1) is 16.4. The summed E-state index contributed by atoms with van der Waals surface area (Å²) in [6.45, 7) is 3.61. The Labute approximate surface area is 142 Å². The summed E-state index contributed by atoms with van der Waals surface area (Å²) in [5.41, 5.74) is 3.24. The highest BCUT2D eigenvalue weighted by Crippen LogP contribution is 2.38. The number of nitrogens with zero attached hydrogens (tertiary/aromatic N) is 2. The van der Waals surface area contributed by atoms with Crippen LogP contribution in [0.15, 0.2) is 30.3 Å². The molecule has 2 N–H and O–H groups in total. The first-order chi connectivity index (χ1) is 11.5. The van der Waals surface area contributed by atoms with E-state index in [4.69, 9.17) is 4.98 Å². The minimum absolute atomic E-state index is 0.0354. The molecule has 24 heavy (non-hydrogen) atoms. The maximum Gasteiger partial charge on any atom is 0.217 e. The second-order valence-corrected chi connectivity index (χ2v) is 6.50. The van der Waals surface area contributed by atoms with Gasteiger partial charge in [0.2, 0.25) is 5.91 Å². The summed E-state index contributed by atoms with van der Waals surface area (Å²) in [7, 11) is 1.87. The molecule has 1 aromatic heterocycles. The molecular weight excluding hydrogens is 300 g/mol. The Bertz CT molecular complexity index is 740. The number of rotatable bonds is 6. The van der Waals surface area contributed by atoms with E-state index in [9.17, 15) is 4.79 Å². The Hall–Kier alpha value is -2.43. The fourth-order valence-electron chi connectivity index (χ4n) is 2.87. The molecule has 126 valence electrons. The van der Waals surface area contributed by atoms with Crippen LogP contribution in [0.2, 0.25) is 0 Å². The first-order valence-corrected chi connectivity index (χ1v) is 8.44. The zero-order valence-electron chi connectivity index (χ0n) is 14.5. The lowest BCUT2D eigenvalue weighted by Gasteiger charge is -2.19. The van der Waals surface area contributed by atoms with E-state index >= 15 is 0 Å². The van der Waals surface area contributed by atoms with Gasteiger partial charge in [0.25, 0.3) is 0 Å². The standard InChI is InChI=1S/C19H24N4O/c1-12-5-4-6-15(9-12)17(21-13(2)24)10-16-11-18(20-3)23-19(22-16)14-7-8-14/h4-6,9,11,14,17H,7-8,10H2,1-3H3,(H,21,24)(H,20,22,23)/t17-/m0/s1. The van der Waals surface area contributed by atoms with Crippen molar-refractivity contribution in [2.45, 2.75) is 45.1 Å². The van der Waals surface area contributed by atoms with Gasteiger partial charge in [-0.3, -0.25) is 4.79 Å². The van der Waals surface area contributed by atoms with Crippen molar-refractivity contribution >= 4 is 11.7 Å². The molecule has 1 aliphatic rings. The molecule has 5 nitrogen and oxygen atoms in total. The molecule has 1 fully saturated rings. The average Bonchev–Trinajstić information content (AvgIpc) is 3.38. The third-order valence-electron chi connectivity index (χ3n) is 4.23. The molecule has 1 atom stereocenters. The molecule has 1 aliphatic carbocycles. The summed E-state index contributed by atoms with van der Waals surface area (Å²) in [6, 6.07) is 10.1. The smallest absolute Gasteiger partial charge is 0.217 e. The highest BCUT2D eigenvalue weighted by Gasteiger charge is 2.27. The van der Waals surface area contributed by atoms with Crippen LogP contribution in [-0.4, -0.2) is 22.9 Å². The van der Waals surface area contributed by atoms with E-state index in [1.54, 1.807) is 6.92 Å². The Morgan fingerprint density at radius 1 is 1.29 bits per heavy atom. The second kappa shape index (κ2) is 6.99. The number of benzene rings is 1. The number of carbonyl (C=O) groups is 1. The summed E-state index contributed by atoms with van der Waals surface area (Å²) >= 11 is 0. The van der Waals surface area contributed by atoms with Crippen LogP contribution in [0.4, 0.5) is 5.82 Å². The van der Waals surface area contributed by atoms with Gasteiger partial charge in [-0.15, -0.1) is 0 Å². The van der Waals surface area contributed by atoms with E-state index in [1.807, 2.05) is 19.2 Å². The van der Waals surface area contributed by atoms with Gasteiger partial charge in [-0.2, -0.15) is 0 Å². The van der Waals surface area contributed by atoms with Gasteiger partial charge in [0.15, 0.2) is 0 Å². The minimum Gasteiger partial charge on any atom is -0.373 e. The molecule has 3 rings (SSSR count). The summed E-state index contributed by atoms with van der Waals surface area (Å²) in [5, 5.41) is 6.17. The van der Waals surface area contributed by atoms with Crippen molar-refractivity contribution in [1.29, 1.82) is 0 Å². The summed E-state index contributed by atoms with van der Waals surface area (Å²) < 4.78 is 0. The van der Waals surface area contributed by atoms with Gasteiger partial charge < -0.3 is 10.6 Å². The third-order valence-corrected chi connectivity index (χ3v) is 4.23. The highest BCUT2D eigenvalue weighted by molar-refractivity contribution is 5.73. The molecule has 0 bridgehead atoms. The molecule has 0 saturated heterocycles. The number of hydrogen-bond donors (Lipinski definition) is 2. The monoisotopic (exact) mass is 324 g/mol. The largest absolute Gasteiger partial charge is 0.373 e. The van der Waals surface area contributed by atoms with E-state index in [1.165, 1.54) is 18.4 Å². The van der Waals surface area contributed by atoms with Crippen molar-refractivity contribution in [3.63, 3.8) is 0 Å². The molecule has 2 aromatic rings. The van der Waals surface area contributed by atoms with Crippen LogP contribution >= 0.6 is 0 Å². The normalized spacial score (nSPS) is 15.0. The van der Waals surface area contributed by atoms with Crippen LogP contribution in [-0.2, 0) is 11.2 Å². The van der Waals surface area contributed by atoms with E-state index in [2.05, 4.69) is 40.7 Å². The first-order valence-electron chi connectivity index (χ1n) is 8.44. The van der Waals surface area contributed by atoms with Crippen LogP contribution in [0.25, 0.3) is 0 Å². The number of carbonyl (C=O) groups excluding carboxylic acids is 1. The van der Waals surface area contributed by atoms with Crippen LogP contribution in [0.5, 0.6) is 0 Å². The van der Waals surface area contributed by atoms with Crippen LogP contribution in [0.3, 0.4) is 0 Å². The number of anilines is 1. The Morgan fingerprint density at radius 3 is 2.71 bits per heavy atom. The van der Waals surface area contributed by atoms with Crippen molar-refractivity contribution in [3.8, 4) is 0 Å². The molecule has 1 heterocycles. The van der Waals surface area contributed by atoms with Gasteiger partial charge in [-0.05, 0) is 25.3 Å². The van der Waals surface area contributed by atoms with Gasteiger partial charge in [0.05, 0.1) is 6.04 Å². The summed E-state index contributed by atoms with van der Waals surface area (Å²) in [4.78, 5) is 21.0. The van der Waals surface area contributed by atoms with E-state index in [0.29, 0.717) is 12.3 Å². The van der Waals surface area contributed by atoms with Crippen molar-refractivity contribution in [2.75, 3.05) is 12.4 Å². The van der Waals surface area contributed by atoms with E-state index < -0.39 is 0 Å². The number of amides is 1. The predicted molar refractivity (Wildman–Crippen MR) is 95.0 cm³/mol. The fourth-order valence-corrected chi connectivity index (χ4v) is 2.87. The molecule has 0 aliphatic heterocycles. The van der Waals surface area contributed by atoms with Crippen molar-refractivity contribution in [3.05, 3.63) is 53.0 Å². The van der Waals surface area contributed by atoms with Gasteiger partial charge in [-0.1, -0.05) is 29.8 Å². The van der Waals surface area contributed by atoms with E-state index in [0.717, 1.165) is 22.9 Å². The van der Waals surface area contributed by atoms with Crippen LogP contribution < -0.4 is 10.6 Å². The number of hydrogen-bond acceptors (Lipinski definition) is 4. The van der Waals surface area contributed by atoms with Gasteiger partial charge >= 0.3 is 0 Å². The summed E-state index contributed by atoms with van der Waals surface area (Å²) in [5.74, 6) is 2.22. The molecule has 0 unspecified atom stereocenters. The second-order valence-electron chi connectivity index (χ2n) is 6.50. The zero-order chi connectivity index (χ0) is 17.1. The van der Waals surface area contributed by atoms with Gasteiger partial charge in [0.1, 0.15) is 11.6 Å². The maximum absolute atomic E-state index is 11.7. The molecule has 1 saturated carbocycles. The molecule has 5 heteroatoms. The molecular formula is C19H24N4O. The van der Waals surface area contributed by atoms with E-state index in [-0.39, 0.29) is 11.9 Å². The Balaban J connectivity index is 1.89. The number of aromatic nitrogens is 2. The van der Waals surface area contributed by atoms with Crippen molar-refractivity contribution in [1.82, 2.24) is 15.3 Å². The zero-order valence-corrected chi connectivity index (χ0v) is 14.5. The SMILES string of the molecule is CNc1cc(C[C@H](NC(C)=O)c2cccc(C)c2)nc(C2CC2)n1. The van der Waals surface area contributed by atoms with Gasteiger partial charge in [0, 0.05) is 38.1 Å². The number of aryl methyl sites for hydroxylation is 1. The quantitative estimate of drug-likeness (QED) is 0.857. The average molecular weight is 324 g/mol. The number of nitrogens with one attached hydrogen (secondary N) is 2.